The summed E-state index contributed by atoms with van der Waals surface area (Å²) >= 11 is 0. The number of rotatable bonds is 14. The minimum absolute atomic E-state index is 0.0180. The smallest absolute Gasteiger partial charge is 0.456 e. The van der Waals surface area contributed by atoms with Crippen molar-refractivity contribution in [1.82, 2.24) is 19.5 Å². The van der Waals surface area contributed by atoms with Crippen LogP contribution in [0.5, 0.6) is 0 Å². The Morgan fingerprint density at radius 3 is 2.60 bits per heavy atom. The standard InChI is InChI=1S/C21H28N5O14P3S2/c1-3-44-45-11(2)12-6-4-5-7-13(12)20(28)38-14-8-16(26-10-23-17-18(26)24-21(22)25-19(17)27)37-15(14)9-36-42(32,33)40-43(34,35)39-41(29,30)31/h4-7,10-11,14-16H,3,8-9H2,1-2H3,(H,32,33)(H,34,35)(H2,29,30,31)(H3,22,24,25,27)/t11?,14?,15-,16-/m1/s1. The van der Waals surface area contributed by atoms with Crippen LogP contribution in [0.3, 0.4) is 0 Å². The summed E-state index contributed by atoms with van der Waals surface area (Å²) in [5.41, 5.74) is 5.91. The number of fused-ring (bicyclic) bond motifs is 1. The second kappa shape index (κ2) is 14.4. The molecule has 2 aromatic heterocycles. The Bertz CT molecular complexity index is 1750. The van der Waals surface area contributed by atoms with Gasteiger partial charge in [0.15, 0.2) is 11.2 Å². The van der Waals surface area contributed by atoms with E-state index in [0.717, 1.165) is 5.75 Å². The van der Waals surface area contributed by atoms with E-state index in [4.69, 9.17) is 29.5 Å². The minimum Gasteiger partial charge on any atom is -0.456 e. The molecule has 1 saturated heterocycles. The van der Waals surface area contributed by atoms with Gasteiger partial charge >= 0.3 is 29.4 Å². The van der Waals surface area contributed by atoms with Gasteiger partial charge in [-0.05, 0) is 18.6 Å². The van der Waals surface area contributed by atoms with Crippen molar-refractivity contribution in [2.45, 2.75) is 44.0 Å². The SMILES string of the molecule is CCSSC(C)c1ccccc1C(=O)OC1C[C@H](n2cnc3c(=O)[nH]c(N)nc32)O[C@@H]1COP(=O)(O)OP(=O)(O)OP(=O)(O)O. The van der Waals surface area contributed by atoms with Crippen molar-refractivity contribution < 1.29 is 60.7 Å². The molecule has 4 rings (SSSR count). The number of ether oxygens (including phenoxy) is 2. The second-order valence-corrected chi connectivity index (χ2v) is 16.6. The van der Waals surface area contributed by atoms with Gasteiger partial charge in [-0.25, -0.2) is 23.5 Å². The lowest BCUT2D eigenvalue weighted by Crippen LogP contribution is -2.31. The van der Waals surface area contributed by atoms with Gasteiger partial charge in [-0.2, -0.15) is 13.6 Å². The van der Waals surface area contributed by atoms with Gasteiger partial charge in [0.25, 0.3) is 5.56 Å². The molecule has 45 heavy (non-hydrogen) atoms. The first kappa shape index (κ1) is 35.8. The summed E-state index contributed by atoms with van der Waals surface area (Å²) in [6.45, 7) is 3.01. The van der Waals surface area contributed by atoms with Crippen LogP contribution in [-0.2, 0) is 36.3 Å². The first-order valence-corrected chi connectivity index (χ1v) is 19.6. The Labute approximate surface area is 262 Å². The summed E-state index contributed by atoms with van der Waals surface area (Å²) in [5, 5.41) is -0.0979. The van der Waals surface area contributed by atoms with Crippen LogP contribution in [-0.4, -0.2) is 69.6 Å². The molecule has 0 aliphatic carbocycles. The van der Waals surface area contributed by atoms with E-state index in [1.165, 1.54) is 10.9 Å². The molecule has 1 fully saturated rings. The molecule has 0 saturated carbocycles. The molecule has 1 aliphatic rings. The van der Waals surface area contributed by atoms with Crippen molar-refractivity contribution in [3.63, 3.8) is 0 Å². The largest absolute Gasteiger partial charge is 0.490 e. The minimum atomic E-state index is -5.78. The Morgan fingerprint density at radius 1 is 1.20 bits per heavy atom. The van der Waals surface area contributed by atoms with Crippen molar-refractivity contribution in [1.29, 1.82) is 0 Å². The van der Waals surface area contributed by atoms with Crippen molar-refractivity contribution in [2.75, 3.05) is 18.1 Å². The quantitative estimate of drug-likeness (QED) is 0.0789. The van der Waals surface area contributed by atoms with E-state index in [-0.39, 0.29) is 34.3 Å². The summed E-state index contributed by atoms with van der Waals surface area (Å²) in [6, 6.07) is 6.76. The van der Waals surface area contributed by atoms with Crippen molar-refractivity contribution >= 4 is 68.1 Å². The van der Waals surface area contributed by atoms with Crippen LogP contribution >= 0.6 is 45.1 Å². The number of phosphoric ester groups is 1. The molecule has 0 amide bonds. The number of nitrogens with zero attached hydrogens (tertiary/aromatic N) is 3. The number of carbonyl (C=O) groups excluding carboxylic acids is 1. The van der Waals surface area contributed by atoms with Gasteiger partial charge in [0, 0.05) is 17.4 Å². The molecule has 1 aromatic carbocycles. The average molecular weight is 732 g/mol. The van der Waals surface area contributed by atoms with Crippen LogP contribution in [0.25, 0.3) is 11.2 Å². The second-order valence-electron chi connectivity index (χ2n) is 9.20. The predicted molar refractivity (Wildman–Crippen MR) is 161 cm³/mol. The Balaban J connectivity index is 1.59. The monoisotopic (exact) mass is 731 g/mol. The Hall–Kier alpha value is -2.09. The third kappa shape index (κ3) is 9.48. The van der Waals surface area contributed by atoms with E-state index in [0.29, 0.717) is 5.56 Å². The predicted octanol–water partition coefficient (Wildman–Crippen LogP) is 3.02. The third-order valence-corrected chi connectivity index (χ3v) is 12.7. The highest BCUT2D eigenvalue weighted by atomic mass is 33.1. The molecule has 0 radical (unpaired) electrons. The fourth-order valence-electron chi connectivity index (χ4n) is 4.23. The van der Waals surface area contributed by atoms with Gasteiger partial charge in [0.2, 0.25) is 5.95 Å². The van der Waals surface area contributed by atoms with Crippen molar-refractivity contribution in [3.8, 4) is 0 Å². The number of H-pyrrole nitrogens is 1. The van der Waals surface area contributed by atoms with Gasteiger partial charge in [0.1, 0.15) is 18.4 Å². The van der Waals surface area contributed by atoms with Gasteiger partial charge in [-0.3, -0.25) is 18.9 Å². The van der Waals surface area contributed by atoms with Crippen LogP contribution in [0.4, 0.5) is 5.95 Å². The fraction of sp³-hybridized carbons (Fsp3) is 0.429. The van der Waals surface area contributed by atoms with E-state index in [2.05, 4.69) is 23.6 Å². The van der Waals surface area contributed by atoms with Crippen LogP contribution in [0, 0.1) is 0 Å². The zero-order valence-corrected chi connectivity index (χ0v) is 27.6. The van der Waals surface area contributed by atoms with Gasteiger partial charge < -0.3 is 34.8 Å². The highest BCUT2D eigenvalue weighted by molar-refractivity contribution is 8.76. The van der Waals surface area contributed by atoms with E-state index < -0.39 is 60.0 Å². The summed E-state index contributed by atoms with van der Waals surface area (Å²) in [5.74, 6) is -0.134. The van der Waals surface area contributed by atoms with Crippen LogP contribution in [0.2, 0.25) is 0 Å². The molecule has 4 unspecified atom stereocenters. The molecular weight excluding hydrogens is 703 g/mol. The number of phosphoric acid groups is 3. The van der Waals surface area contributed by atoms with Gasteiger partial charge in [-0.15, -0.1) is 0 Å². The van der Waals surface area contributed by atoms with E-state index in [9.17, 15) is 33.1 Å². The number of aromatic amines is 1. The first-order valence-electron chi connectivity index (χ1n) is 12.7. The number of nitrogen functional groups attached to an aromatic ring is 1. The number of benzene rings is 1. The average Bonchev–Trinajstić information content (AvgIpc) is 3.52. The lowest BCUT2D eigenvalue weighted by Gasteiger charge is -2.22. The zero-order valence-electron chi connectivity index (χ0n) is 23.3. The Kier molecular flexibility index (Phi) is 11.4. The number of hydrogen-bond donors (Lipinski definition) is 6. The maximum atomic E-state index is 13.4. The molecular formula is C21H28N5O14P3S2. The van der Waals surface area contributed by atoms with Crippen molar-refractivity contribution in [2.24, 2.45) is 0 Å². The Morgan fingerprint density at radius 2 is 1.91 bits per heavy atom. The molecule has 3 heterocycles. The lowest BCUT2D eigenvalue weighted by atomic mass is 10.0. The number of carbonyl (C=O) groups is 1. The summed E-state index contributed by atoms with van der Waals surface area (Å²) in [4.78, 5) is 73.0. The van der Waals surface area contributed by atoms with Crippen LogP contribution < -0.4 is 11.3 Å². The number of nitrogens with two attached hydrogens (primary N) is 1. The number of anilines is 1. The molecule has 3 aromatic rings. The molecule has 248 valence electrons. The van der Waals surface area contributed by atoms with E-state index >= 15 is 0 Å². The molecule has 24 heteroatoms. The number of esters is 1. The molecule has 0 bridgehead atoms. The molecule has 6 atom stereocenters. The van der Waals surface area contributed by atoms with Crippen LogP contribution in [0.15, 0.2) is 35.4 Å². The number of hydrogen-bond acceptors (Lipinski definition) is 15. The highest BCUT2D eigenvalue weighted by Crippen LogP contribution is 2.66. The fourth-order valence-corrected chi connectivity index (χ4v) is 9.24. The number of nitrogens with one attached hydrogen (secondary N) is 1. The zero-order chi connectivity index (χ0) is 33.2. The maximum Gasteiger partial charge on any atom is 0.490 e. The van der Waals surface area contributed by atoms with Gasteiger partial charge in [-0.1, -0.05) is 46.7 Å². The van der Waals surface area contributed by atoms with E-state index in [1.54, 1.807) is 45.9 Å². The topological polar surface area (TPSA) is 285 Å². The number of aromatic nitrogens is 4. The normalized spacial score (nSPS) is 22.1. The van der Waals surface area contributed by atoms with Crippen LogP contribution in [0.1, 0.15) is 47.7 Å². The van der Waals surface area contributed by atoms with Crippen molar-refractivity contribution in [3.05, 3.63) is 52.1 Å². The van der Waals surface area contributed by atoms with E-state index in [1.807, 2.05) is 13.8 Å². The maximum absolute atomic E-state index is 13.4. The summed E-state index contributed by atoms with van der Waals surface area (Å²) in [6.07, 6.45) is -2.46. The molecule has 19 nitrogen and oxygen atoms in total. The summed E-state index contributed by atoms with van der Waals surface area (Å²) in [7, 11) is -13.8. The molecule has 1 aliphatic heterocycles. The summed E-state index contributed by atoms with van der Waals surface area (Å²) < 4.78 is 60.3. The third-order valence-electron chi connectivity index (χ3n) is 5.97. The first-order chi connectivity index (χ1) is 21.0. The molecule has 7 N–H and O–H groups in total. The lowest BCUT2D eigenvalue weighted by molar-refractivity contribution is -0.0490. The number of imidazole rings is 1. The van der Waals surface area contributed by atoms with Gasteiger partial charge in [0.05, 0.1) is 18.5 Å². The highest BCUT2D eigenvalue weighted by Gasteiger charge is 2.44. The molecule has 0 spiro atoms.